The summed E-state index contributed by atoms with van der Waals surface area (Å²) in [5.74, 6) is -0.00850. The number of nitrogens with two attached hydrogens (primary N) is 1. The molecule has 0 radical (unpaired) electrons. The predicted molar refractivity (Wildman–Crippen MR) is 54.2 cm³/mol. The van der Waals surface area contributed by atoms with E-state index in [-0.39, 0.29) is 11.8 Å². The Morgan fingerprint density at radius 2 is 2.42 bits per heavy atom. The zero-order valence-corrected chi connectivity index (χ0v) is 9.11. The number of halogens is 1. The van der Waals surface area contributed by atoms with Gasteiger partial charge in [0.15, 0.2) is 0 Å². The van der Waals surface area contributed by atoms with Gasteiger partial charge < -0.3 is 5.73 Å². The lowest BCUT2D eigenvalue weighted by atomic mass is 10.1. The SMILES string of the molecule is CC(CC(N)=O)c1ccc(Br)s1. The fourth-order valence-corrected chi connectivity index (χ4v) is 2.47. The van der Waals surface area contributed by atoms with Crippen LogP contribution in [0.5, 0.6) is 0 Å². The molecule has 1 atom stereocenters. The zero-order chi connectivity index (χ0) is 9.14. The maximum Gasteiger partial charge on any atom is 0.218 e. The Bertz CT molecular complexity index is 284. The number of carbonyl (C=O) groups excluding carboxylic acids is 1. The van der Waals surface area contributed by atoms with Crippen LogP contribution in [-0.4, -0.2) is 5.91 Å². The predicted octanol–water partition coefficient (Wildman–Crippen LogP) is 2.49. The van der Waals surface area contributed by atoms with Gasteiger partial charge in [-0.25, -0.2) is 0 Å². The van der Waals surface area contributed by atoms with Gasteiger partial charge in [0.2, 0.25) is 5.91 Å². The fraction of sp³-hybridized carbons (Fsp3) is 0.375. The van der Waals surface area contributed by atoms with E-state index in [9.17, 15) is 4.79 Å². The molecule has 0 aliphatic rings. The van der Waals surface area contributed by atoms with E-state index in [1.807, 2.05) is 19.1 Å². The van der Waals surface area contributed by atoms with Gasteiger partial charge in [-0.1, -0.05) is 6.92 Å². The Hall–Kier alpha value is -0.350. The van der Waals surface area contributed by atoms with Crippen LogP contribution in [0.3, 0.4) is 0 Å². The third kappa shape index (κ3) is 2.60. The molecule has 0 saturated carbocycles. The summed E-state index contributed by atoms with van der Waals surface area (Å²) < 4.78 is 1.09. The number of rotatable bonds is 3. The van der Waals surface area contributed by atoms with Crippen LogP contribution in [0, 0.1) is 0 Å². The van der Waals surface area contributed by atoms with Crippen molar-refractivity contribution in [2.24, 2.45) is 5.73 Å². The molecule has 1 aromatic heterocycles. The van der Waals surface area contributed by atoms with Crippen molar-refractivity contribution in [3.63, 3.8) is 0 Å². The maximum atomic E-state index is 10.6. The normalized spacial score (nSPS) is 12.8. The summed E-state index contributed by atoms with van der Waals surface area (Å²) in [6, 6.07) is 4.00. The van der Waals surface area contributed by atoms with E-state index in [1.54, 1.807) is 11.3 Å². The molecule has 1 unspecified atom stereocenters. The van der Waals surface area contributed by atoms with Gasteiger partial charge in [0, 0.05) is 11.3 Å². The fourth-order valence-electron chi connectivity index (χ4n) is 0.996. The van der Waals surface area contributed by atoms with Crippen molar-refractivity contribution in [3.05, 3.63) is 20.8 Å². The Kier molecular flexibility index (Phi) is 3.29. The number of thiophene rings is 1. The topological polar surface area (TPSA) is 43.1 Å². The van der Waals surface area contributed by atoms with E-state index >= 15 is 0 Å². The first-order valence-electron chi connectivity index (χ1n) is 3.63. The van der Waals surface area contributed by atoms with E-state index < -0.39 is 0 Å². The highest BCUT2D eigenvalue weighted by Crippen LogP contribution is 2.29. The molecule has 2 N–H and O–H groups in total. The van der Waals surface area contributed by atoms with Crippen molar-refractivity contribution < 1.29 is 4.79 Å². The third-order valence-corrected chi connectivity index (χ3v) is 3.44. The van der Waals surface area contributed by atoms with Crippen molar-refractivity contribution in [2.75, 3.05) is 0 Å². The minimum Gasteiger partial charge on any atom is -0.370 e. The third-order valence-electron chi connectivity index (χ3n) is 1.59. The Morgan fingerprint density at radius 3 is 2.83 bits per heavy atom. The molecule has 66 valence electrons. The largest absolute Gasteiger partial charge is 0.370 e. The average Bonchev–Trinajstić information content (AvgIpc) is 2.34. The zero-order valence-electron chi connectivity index (χ0n) is 6.71. The van der Waals surface area contributed by atoms with Crippen molar-refractivity contribution in [3.8, 4) is 0 Å². The molecule has 4 heteroatoms. The summed E-state index contributed by atoms with van der Waals surface area (Å²) in [4.78, 5) is 11.8. The van der Waals surface area contributed by atoms with Crippen molar-refractivity contribution in [1.82, 2.24) is 0 Å². The van der Waals surface area contributed by atoms with Crippen LogP contribution in [-0.2, 0) is 4.79 Å². The monoisotopic (exact) mass is 247 g/mol. The number of hydrogen-bond donors (Lipinski definition) is 1. The van der Waals surface area contributed by atoms with Crippen LogP contribution < -0.4 is 5.73 Å². The van der Waals surface area contributed by atoms with Gasteiger partial charge >= 0.3 is 0 Å². The summed E-state index contributed by atoms with van der Waals surface area (Å²) in [5.41, 5.74) is 5.09. The first-order valence-corrected chi connectivity index (χ1v) is 5.24. The molecule has 1 amide bonds. The van der Waals surface area contributed by atoms with Crippen LogP contribution in [0.15, 0.2) is 15.9 Å². The second kappa shape index (κ2) is 4.05. The van der Waals surface area contributed by atoms with Crippen LogP contribution >= 0.6 is 27.3 Å². The summed E-state index contributed by atoms with van der Waals surface area (Å²) in [6.45, 7) is 2.00. The van der Waals surface area contributed by atoms with E-state index in [0.29, 0.717) is 6.42 Å². The molecule has 1 rings (SSSR count). The maximum absolute atomic E-state index is 10.6. The molecular weight excluding hydrogens is 238 g/mol. The highest BCUT2D eigenvalue weighted by molar-refractivity contribution is 9.11. The smallest absolute Gasteiger partial charge is 0.218 e. The lowest BCUT2D eigenvalue weighted by Crippen LogP contribution is -2.13. The van der Waals surface area contributed by atoms with Crippen LogP contribution in [0.4, 0.5) is 0 Å². The van der Waals surface area contributed by atoms with Gasteiger partial charge in [-0.15, -0.1) is 11.3 Å². The molecule has 0 saturated heterocycles. The first-order chi connectivity index (χ1) is 5.59. The van der Waals surface area contributed by atoms with Crippen molar-refractivity contribution in [2.45, 2.75) is 19.3 Å². The Balaban J connectivity index is 2.64. The van der Waals surface area contributed by atoms with Gasteiger partial charge in [-0.05, 0) is 34.0 Å². The molecule has 12 heavy (non-hydrogen) atoms. The van der Waals surface area contributed by atoms with Crippen molar-refractivity contribution >= 4 is 33.2 Å². The van der Waals surface area contributed by atoms with Crippen molar-refractivity contribution in [1.29, 1.82) is 0 Å². The minimum atomic E-state index is -0.243. The van der Waals surface area contributed by atoms with Crippen LogP contribution in [0.2, 0.25) is 0 Å². The average molecular weight is 248 g/mol. The van der Waals surface area contributed by atoms with Crippen LogP contribution in [0.1, 0.15) is 24.1 Å². The highest BCUT2D eigenvalue weighted by Gasteiger charge is 2.10. The number of hydrogen-bond acceptors (Lipinski definition) is 2. The highest BCUT2D eigenvalue weighted by atomic mass is 79.9. The molecule has 1 heterocycles. The number of carbonyl (C=O) groups is 1. The molecular formula is C8H10BrNOS. The molecule has 0 bridgehead atoms. The van der Waals surface area contributed by atoms with E-state index in [2.05, 4.69) is 15.9 Å². The second-order valence-electron chi connectivity index (χ2n) is 2.71. The van der Waals surface area contributed by atoms with Gasteiger partial charge in [-0.2, -0.15) is 0 Å². The Morgan fingerprint density at radius 1 is 1.75 bits per heavy atom. The molecule has 0 aromatic carbocycles. The molecule has 0 aliphatic heterocycles. The lowest BCUT2D eigenvalue weighted by molar-refractivity contribution is -0.118. The standard InChI is InChI=1S/C8H10BrNOS/c1-5(4-8(10)11)6-2-3-7(9)12-6/h2-3,5H,4H2,1H3,(H2,10,11). The van der Waals surface area contributed by atoms with E-state index in [4.69, 9.17) is 5.73 Å². The Labute approximate surface area is 83.9 Å². The van der Waals surface area contributed by atoms with Crippen LogP contribution in [0.25, 0.3) is 0 Å². The summed E-state index contributed by atoms with van der Waals surface area (Å²) in [6.07, 6.45) is 0.424. The van der Waals surface area contributed by atoms with Gasteiger partial charge in [0.05, 0.1) is 3.79 Å². The molecule has 0 spiro atoms. The van der Waals surface area contributed by atoms with Gasteiger partial charge in [0.25, 0.3) is 0 Å². The number of primary amides is 1. The van der Waals surface area contributed by atoms with Gasteiger partial charge in [-0.3, -0.25) is 4.79 Å². The lowest BCUT2D eigenvalue weighted by Gasteiger charge is -2.04. The quantitative estimate of drug-likeness (QED) is 0.877. The second-order valence-corrected chi connectivity index (χ2v) is 5.21. The minimum absolute atomic E-state index is 0.235. The molecule has 0 fully saturated rings. The summed E-state index contributed by atoms with van der Waals surface area (Å²) in [7, 11) is 0. The molecule has 1 aromatic rings. The van der Waals surface area contributed by atoms with E-state index in [0.717, 1.165) is 3.79 Å². The van der Waals surface area contributed by atoms with E-state index in [1.165, 1.54) is 4.88 Å². The first kappa shape index (κ1) is 9.74. The number of amides is 1. The molecule has 0 aliphatic carbocycles. The summed E-state index contributed by atoms with van der Waals surface area (Å²) in [5, 5.41) is 0. The summed E-state index contributed by atoms with van der Waals surface area (Å²) >= 11 is 5.02. The van der Waals surface area contributed by atoms with Gasteiger partial charge in [0.1, 0.15) is 0 Å². The molecule has 2 nitrogen and oxygen atoms in total.